The molecule has 6 nitrogen and oxygen atoms in total. The molecule has 0 unspecified atom stereocenters. The zero-order chi connectivity index (χ0) is 17.3. The number of azo groups is 1. The number of phenolic OH excluding ortho intramolecular Hbond substituents is 1. The first-order chi connectivity index (χ1) is 11.4. The molecule has 0 aromatic heterocycles. The second-order valence-corrected chi connectivity index (χ2v) is 6.70. The first kappa shape index (κ1) is 19.6. The van der Waals surface area contributed by atoms with Gasteiger partial charge in [0.25, 0.3) is 10.1 Å². The third-order valence-corrected chi connectivity index (χ3v) is 4.45. The number of rotatable bonds is 3. The van der Waals surface area contributed by atoms with Crippen molar-refractivity contribution in [1.29, 1.82) is 0 Å². The Morgan fingerprint density at radius 2 is 1.68 bits per heavy atom. The molecular formula is C17H15N2NaO4S. The first-order valence-corrected chi connectivity index (χ1v) is 8.51. The molecule has 0 atom stereocenters. The van der Waals surface area contributed by atoms with Crippen LogP contribution in [0.5, 0.6) is 5.75 Å². The van der Waals surface area contributed by atoms with Crippen molar-refractivity contribution in [3.63, 3.8) is 0 Å². The van der Waals surface area contributed by atoms with Crippen LogP contribution in [-0.2, 0) is 10.1 Å². The molecule has 25 heavy (non-hydrogen) atoms. The van der Waals surface area contributed by atoms with Crippen LogP contribution in [0, 0.1) is 6.92 Å². The summed E-state index contributed by atoms with van der Waals surface area (Å²) in [5.74, 6) is 0.00431. The van der Waals surface area contributed by atoms with Crippen LogP contribution >= 0.6 is 0 Å². The SMILES string of the molecule is Cc1cc(S(=O)(=O)O)ccc1N=Nc1c(O)ccc2ccccc12.[NaH]. The molecule has 0 spiro atoms. The number of fused-ring (bicyclic) bond motifs is 1. The normalized spacial score (nSPS) is 11.6. The number of aromatic hydroxyl groups is 1. The van der Waals surface area contributed by atoms with Gasteiger partial charge in [-0.15, -0.1) is 5.11 Å². The van der Waals surface area contributed by atoms with E-state index in [0.29, 0.717) is 16.9 Å². The van der Waals surface area contributed by atoms with Crippen molar-refractivity contribution in [2.24, 2.45) is 10.2 Å². The summed E-state index contributed by atoms with van der Waals surface area (Å²) < 4.78 is 31.3. The first-order valence-electron chi connectivity index (χ1n) is 7.07. The van der Waals surface area contributed by atoms with E-state index in [2.05, 4.69) is 10.2 Å². The Labute approximate surface area is 167 Å². The van der Waals surface area contributed by atoms with Gasteiger partial charge in [0.2, 0.25) is 0 Å². The zero-order valence-electron chi connectivity index (χ0n) is 12.7. The van der Waals surface area contributed by atoms with Gasteiger partial charge in [-0.2, -0.15) is 13.5 Å². The van der Waals surface area contributed by atoms with Crippen LogP contribution in [0.1, 0.15) is 5.56 Å². The Bertz CT molecular complexity index is 1070. The van der Waals surface area contributed by atoms with Gasteiger partial charge < -0.3 is 5.11 Å². The number of benzene rings is 3. The molecule has 0 saturated carbocycles. The van der Waals surface area contributed by atoms with E-state index in [0.717, 1.165) is 10.8 Å². The van der Waals surface area contributed by atoms with Gasteiger partial charge >= 0.3 is 29.6 Å². The molecule has 0 fully saturated rings. The topological polar surface area (TPSA) is 99.3 Å². The minimum atomic E-state index is -4.26. The summed E-state index contributed by atoms with van der Waals surface area (Å²) in [6, 6.07) is 14.8. The monoisotopic (exact) mass is 366 g/mol. The summed E-state index contributed by atoms with van der Waals surface area (Å²) in [6.07, 6.45) is 0. The van der Waals surface area contributed by atoms with Gasteiger partial charge in [-0.05, 0) is 42.1 Å². The van der Waals surface area contributed by atoms with E-state index in [-0.39, 0.29) is 40.2 Å². The van der Waals surface area contributed by atoms with Crippen molar-refractivity contribution >= 4 is 61.8 Å². The summed E-state index contributed by atoms with van der Waals surface area (Å²) in [5.41, 5.74) is 1.31. The van der Waals surface area contributed by atoms with Gasteiger partial charge in [0.05, 0.1) is 10.6 Å². The quantitative estimate of drug-likeness (QED) is 0.417. The van der Waals surface area contributed by atoms with Crippen LogP contribution in [0.3, 0.4) is 0 Å². The molecule has 0 aliphatic heterocycles. The second-order valence-electron chi connectivity index (χ2n) is 5.28. The Morgan fingerprint density at radius 3 is 2.36 bits per heavy atom. The number of hydrogen-bond acceptors (Lipinski definition) is 5. The van der Waals surface area contributed by atoms with Crippen molar-refractivity contribution < 1.29 is 18.1 Å². The van der Waals surface area contributed by atoms with Gasteiger partial charge in [-0.1, -0.05) is 30.3 Å². The maximum absolute atomic E-state index is 11.1. The Hall–Kier alpha value is -1.77. The predicted molar refractivity (Wildman–Crippen MR) is 97.9 cm³/mol. The minimum absolute atomic E-state index is 0. The van der Waals surface area contributed by atoms with Crippen molar-refractivity contribution in [3.8, 4) is 5.75 Å². The molecule has 3 aromatic rings. The third kappa shape index (κ3) is 4.26. The molecule has 8 heteroatoms. The summed E-state index contributed by atoms with van der Waals surface area (Å²) in [6.45, 7) is 1.66. The van der Waals surface area contributed by atoms with E-state index in [1.54, 1.807) is 19.1 Å². The summed E-state index contributed by atoms with van der Waals surface area (Å²) in [5, 5.41) is 19.9. The molecule has 0 radical (unpaired) electrons. The zero-order valence-corrected chi connectivity index (χ0v) is 13.5. The van der Waals surface area contributed by atoms with E-state index < -0.39 is 10.1 Å². The molecule has 0 aliphatic rings. The number of hydrogen-bond donors (Lipinski definition) is 2. The van der Waals surface area contributed by atoms with Crippen molar-refractivity contribution in [3.05, 3.63) is 60.2 Å². The van der Waals surface area contributed by atoms with E-state index >= 15 is 0 Å². The van der Waals surface area contributed by atoms with Crippen LogP contribution in [0.25, 0.3) is 10.8 Å². The Balaban J connectivity index is 0.00000225. The van der Waals surface area contributed by atoms with Crippen LogP contribution in [0.15, 0.2) is 69.7 Å². The van der Waals surface area contributed by atoms with Gasteiger partial charge in [0, 0.05) is 5.39 Å². The van der Waals surface area contributed by atoms with Gasteiger partial charge in [-0.3, -0.25) is 4.55 Å². The molecule has 0 amide bonds. The number of nitrogens with zero attached hydrogens (tertiary/aromatic N) is 2. The second kappa shape index (κ2) is 7.63. The number of phenols is 1. The average molecular weight is 366 g/mol. The standard InChI is InChI=1S/C17H14N2O4S.Na.H/c1-11-10-13(24(21,22)23)7-8-15(11)18-19-17-14-5-3-2-4-12(14)6-9-16(17)20;;/h2-10,20H,1H3,(H,21,22,23);;. The number of aryl methyl sites for hydroxylation is 1. The summed E-state index contributed by atoms with van der Waals surface area (Å²) in [7, 11) is -4.26. The summed E-state index contributed by atoms with van der Waals surface area (Å²) in [4.78, 5) is -0.202. The van der Waals surface area contributed by atoms with Crippen LogP contribution < -0.4 is 0 Å². The maximum atomic E-state index is 11.1. The average Bonchev–Trinajstić information content (AvgIpc) is 2.54. The van der Waals surface area contributed by atoms with Gasteiger partial charge in [0.15, 0.2) is 0 Å². The van der Waals surface area contributed by atoms with Gasteiger partial charge in [0.1, 0.15) is 11.4 Å². The Morgan fingerprint density at radius 1 is 0.960 bits per heavy atom. The van der Waals surface area contributed by atoms with E-state index in [1.165, 1.54) is 18.2 Å². The molecule has 0 bridgehead atoms. The molecule has 124 valence electrons. The molecule has 2 N–H and O–H groups in total. The fourth-order valence-corrected chi connectivity index (χ4v) is 2.92. The van der Waals surface area contributed by atoms with Crippen molar-refractivity contribution in [2.75, 3.05) is 0 Å². The molecule has 0 heterocycles. The van der Waals surface area contributed by atoms with Crippen molar-refractivity contribution in [1.82, 2.24) is 0 Å². The molecule has 0 aliphatic carbocycles. The molecule has 3 rings (SSSR count). The third-order valence-electron chi connectivity index (χ3n) is 3.60. The van der Waals surface area contributed by atoms with Crippen LogP contribution in [0.4, 0.5) is 11.4 Å². The van der Waals surface area contributed by atoms with Gasteiger partial charge in [-0.25, -0.2) is 0 Å². The fraction of sp³-hybridized carbons (Fsp3) is 0.0588. The van der Waals surface area contributed by atoms with Crippen LogP contribution in [0.2, 0.25) is 0 Å². The molecular weight excluding hydrogens is 351 g/mol. The van der Waals surface area contributed by atoms with Crippen molar-refractivity contribution in [2.45, 2.75) is 11.8 Å². The Kier molecular flexibility index (Phi) is 5.97. The predicted octanol–water partition coefficient (Wildman–Crippen LogP) is 3.87. The van der Waals surface area contributed by atoms with E-state index in [1.807, 2.05) is 24.3 Å². The summed E-state index contributed by atoms with van der Waals surface area (Å²) >= 11 is 0. The fourth-order valence-electron chi connectivity index (χ4n) is 2.35. The molecule has 0 saturated heterocycles. The van der Waals surface area contributed by atoms with E-state index in [9.17, 15) is 13.5 Å². The van der Waals surface area contributed by atoms with E-state index in [4.69, 9.17) is 4.55 Å². The van der Waals surface area contributed by atoms with Crippen LogP contribution in [-0.4, -0.2) is 47.6 Å². The molecule has 3 aromatic carbocycles.